The molecule has 0 atom stereocenters. The molecule has 1 amide bonds. The molecule has 1 N–H and O–H groups in total. The summed E-state index contributed by atoms with van der Waals surface area (Å²) in [7, 11) is 1.28. The zero-order chi connectivity index (χ0) is 15.4. The number of benzene rings is 1. The first kappa shape index (κ1) is 15.0. The third kappa shape index (κ3) is 3.81. The number of carbonyl (C=O) groups is 3. The lowest BCUT2D eigenvalue weighted by atomic mass is 10.1. The van der Waals surface area contributed by atoms with E-state index >= 15 is 0 Å². The predicted molar refractivity (Wildman–Crippen MR) is 75.1 cm³/mol. The Balaban J connectivity index is 2.24. The molecule has 6 heteroatoms. The zero-order valence-corrected chi connectivity index (χ0v) is 11.7. The molecular weight excluding hydrogens is 274 g/mol. The smallest absolute Gasteiger partial charge is 0.337 e. The highest BCUT2D eigenvalue weighted by molar-refractivity contribution is 5.98. The molecular formula is C15H17NO5. The van der Waals surface area contributed by atoms with Crippen LogP contribution >= 0.6 is 0 Å². The van der Waals surface area contributed by atoms with Crippen molar-refractivity contribution in [3.05, 3.63) is 29.8 Å². The lowest BCUT2D eigenvalue weighted by molar-refractivity contribution is -0.136. The van der Waals surface area contributed by atoms with Crippen molar-refractivity contribution in [2.75, 3.05) is 18.6 Å². The van der Waals surface area contributed by atoms with Crippen LogP contribution in [0.2, 0.25) is 0 Å². The summed E-state index contributed by atoms with van der Waals surface area (Å²) in [5.41, 5.74) is 0.856. The summed E-state index contributed by atoms with van der Waals surface area (Å²) >= 11 is 0. The Kier molecular flexibility index (Phi) is 4.57. The minimum absolute atomic E-state index is 0.0272. The van der Waals surface area contributed by atoms with Crippen LogP contribution in [0.1, 0.15) is 29.6 Å². The highest BCUT2D eigenvalue weighted by Gasteiger charge is 2.34. The van der Waals surface area contributed by atoms with Crippen LogP contribution in [0.5, 0.6) is 0 Å². The van der Waals surface area contributed by atoms with Crippen molar-refractivity contribution in [3.8, 4) is 0 Å². The minimum atomic E-state index is -0.965. The molecule has 1 saturated carbocycles. The fraction of sp³-hybridized carbons (Fsp3) is 0.400. The monoisotopic (exact) mass is 291 g/mol. The first-order valence-corrected chi connectivity index (χ1v) is 6.74. The summed E-state index contributed by atoms with van der Waals surface area (Å²) in [6.07, 6.45) is 1.53. The van der Waals surface area contributed by atoms with E-state index in [1.807, 2.05) is 0 Å². The summed E-state index contributed by atoms with van der Waals surface area (Å²) in [6, 6.07) is 6.48. The summed E-state index contributed by atoms with van der Waals surface area (Å²) in [5, 5.41) is 8.81. The Labute approximate surface area is 122 Å². The molecule has 0 spiro atoms. The third-order valence-electron chi connectivity index (χ3n) is 3.32. The number of hydrogen-bond donors (Lipinski definition) is 1. The molecule has 0 aliphatic heterocycles. The molecule has 112 valence electrons. The Morgan fingerprint density at radius 1 is 1.33 bits per heavy atom. The van der Waals surface area contributed by atoms with E-state index < -0.39 is 11.9 Å². The second-order valence-corrected chi connectivity index (χ2v) is 4.95. The van der Waals surface area contributed by atoms with Crippen LogP contribution < -0.4 is 4.90 Å². The normalized spacial score (nSPS) is 13.6. The topological polar surface area (TPSA) is 83.9 Å². The minimum Gasteiger partial charge on any atom is -0.481 e. The quantitative estimate of drug-likeness (QED) is 0.806. The van der Waals surface area contributed by atoms with E-state index in [4.69, 9.17) is 5.11 Å². The summed E-state index contributed by atoms with van der Waals surface area (Å²) in [5.74, 6) is -1.57. The fourth-order valence-electron chi connectivity index (χ4n) is 2.04. The van der Waals surface area contributed by atoms with Crippen molar-refractivity contribution in [2.24, 2.45) is 5.92 Å². The molecule has 21 heavy (non-hydrogen) atoms. The number of carbonyl (C=O) groups excluding carboxylic acids is 2. The van der Waals surface area contributed by atoms with Gasteiger partial charge in [-0.3, -0.25) is 9.59 Å². The largest absolute Gasteiger partial charge is 0.481 e. The standard InChI is InChI=1S/C15H17NO5/c1-21-15(20)11-3-2-4-12(9-11)16(8-7-13(17)18)14(19)10-5-6-10/h2-4,9-10H,5-8H2,1H3,(H,17,18). The van der Waals surface area contributed by atoms with Gasteiger partial charge in [-0.1, -0.05) is 6.07 Å². The van der Waals surface area contributed by atoms with Gasteiger partial charge in [0.15, 0.2) is 0 Å². The SMILES string of the molecule is COC(=O)c1cccc(N(CCC(=O)O)C(=O)C2CC2)c1. The maximum Gasteiger partial charge on any atom is 0.337 e. The number of hydrogen-bond acceptors (Lipinski definition) is 4. The van der Waals surface area contributed by atoms with Gasteiger partial charge in [0.2, 0.25) is 5.91 Å². The van der Waals surface area contributed by atoms with Gasteiger partial charge in [0.1, 0.15) is 0 Å². The molecule has 6 nitrogen and oxygen atoms in total. The number of rotatable bonds is 6. The summed E-state index contributed by atoms with van der Waals surface area (Å²) in [4.78, 5) is 36.0. The maximum atomic E-state index is 12.3. The van der Waals surface area contributed by atoms with E-state index in [0.717, 1.165) is 12.8 Å². The van der Waals surface area contributed by atoms with Gasteiger partial charge in [-0.25, -0.2) is 4.79 Å². The van der Waals surface area contributed by atoms with Gasteiger partial charge in [0.05, 0.1) is 19.1 Å². The average molecular weight is 291 g/mol. The maximum absolute atomic E-state index is 12.3. The predicted octanol–water partition coefficient (Wildman–Crippen LogP) is 1.69. The molecule has 0 radical (unpaired) electrons. The highest BCUT2D eigenvalue weighted by Crippen LogP contribution is 2.33. The number of ether oxygens (including phenoxy) is 1. The first-order chi connectivity index (χ1) is 10.0. The number of aliphatic carboxylic acids is 1. The lowest BCUT2D eigenvalue weighted by Crippen LogP contribution is -2.34. The van der Waals surface area contributed by atoms with E-state index in [9.17, 15) is 14.4 Å². The summed E-state index contributed by atoms with van der Waals surface area (Å²) in [6.45, 7) is 0.0926. The number of amides is 1. The molecule has 0 bridgehead atoms. The molecule has 2 rings (SSSR count). The molecule has 0 heterocycles. The van der Waals surface area contributed by atoms with Gasteiger partial charge in [-0.05, 0) is 31.0 Å². The number of carboxylic acids is 1. The van der Waals surface area contributed by atoms with E-state index in [-0.39, 0.29) is 24.8 Å². The van der Waals surface area contributed by atoms with Crippen molar-refractivity contribution < 1.29 is 24.2 Å². The van der Waals surface area contributed by atoms with Gasteiger partial charge < -0.3 is 14.7 Å². The molecule has 1 fully saturated rings. The van der Waals surface area contributed by atoms with Crippen LogP contribution in [-0.2, 0) is 14.3 Å². The van der Waals surface area contributed by atoms with Crippen LogP contribution in [-0.4, -0.2) is 36.6 Å². The summed E-state index contributed by atoms with van der Waals surface area (Å²) < 4.78 is 4.65. The van der Waals surface area contributed by atoms with Gasteiger partial charge >= 0.3 is 11.9 Å². The van der Waals surface area contributed by atoms with Gasteiger partial charge in [-0.2, -0.15) is 0 Å². The first-order valence-electron chi connectivity index (χ1n) is 6.74. The van der Waals surface area contributed by atoms with Crippen molar-refractivity contribution in [3.63, 3.8) is 0 Å². The van der Waals surface area contributed by atoms with Crippen LogP contribution in [0.25, 0.3) is 0 Å². The highest BCUT2D eigenvalue weighted by atomic mass is 16.5. The van der Waals surface area contributed by atoms with Crippen molar-refractivity contribution in [1.29, 1.82) is 0 Å². The molecule has 1 aromatic carbocycles. The Hall–Kier alpha value is -2.37. The van der Waals surface area contributed by atoms with Crippen molar-refractivity contribution >= 4 is 23.5 Å². The van der Waals surface area contributed by atoms with E-state index in [1.54, 1.807) is 24.3 Å². The molecule has 0 unspecified atom stereocenters. The second kappa shape index (κ2) is 6.39. The Morgan fingerprint density at radius 2 is 2.05 bits per heavy atom. The number of carboxylic acid groups (broad SMARTS) is 1. The van der Waals surface area contributed by atoms with Crippen LogP contribution in [0.15, 0.2) is 24.3 Å². The van der Waals surface area contributed by atoms with Crippen LogP contribution in [0, 0.1) is 5.92 Å². The number of nitrogens with zero attached hydrogens (tertiary/aromatic N) is 1. The van der Waals surface area contributed by atoms with Gasteiger partial charge in [0.25, 0.3) is 0 Å². The van der Waals surface area contributed by atoms with Gasteiger partial charge in [-0.15, -0.1) is 0 Å². The number of esters is 1. The molecule has 0 aromatic heterocycles. The number of anilines is 1. The van der Waals surface area contributed by atoms with E-state index in [1.165, 1.54) is 12.0 Å². The third-order valence-corrected chi connectivity index (χ3v) is 3.32. The van der Waals surface area contributed by atoms with Gasteiger partial charge in [0, 0.05) is 18.2 Å². The van der Waals surface area contributed by atoms with E-state index in [2.05, 4.69) is 4.74 Å². The Bertz CT molecular complexity index is 565. The van der Waals surface area contributed by atoms with Crippen molar-refractivity contribution in [1.82, 2.24) is 0 Å². The molecule has 1 aliphatic carbocycles. The molecule has 1 aliphatic rings. The van der Waals surface area contributed by atoms with E-state index in [0.29, 0.717) is 11.3 Å². The zero-order valence-electron chi connectivity index (χ0n) is 11.7. The van der Waals surface area contributed by atoms with Crippen molar-refractivity contribution in [2.45, 2.75) is 19.3 Å². The van der Waals surface area contributed by atoms with Crippen LogP contribution in [0.3, 0.4) is 0 Å². The average Bonchev–Trinajstić information content (AvgIpc) is 3.31. The van der Waals surface area contributed by atoms with Crippen LogP contribution in [0.4, 0.5) is 5.69 Å². The fourth-order valence-corrected chi connectivity index (χ4v) is 2.04. The number of methoxy groups -OCH3 is 1. The molecule has 1 aromatic rings. The second-order valence-electron chi connectivity index (χ2n) is 4.95. The Morgan fingerprint density at radius 3 is 2.62 bits per heavy atom. The lowest BCUT2D eigenvalue weighted by Gasteiger charge is -2.22. The molecule has 0 saturated heterocycles.